The summed E-state index contributed by atoms with van der Waals surface area (Å²) in [7, 11) is -0.302. The molecule has 3 heterocycles. The minimum Gasteiger partial charge on any atom is -0.345 e. The van der Waals surface area contributed by atoms with Crippen LogP contribution in [0, 0.1) is 5.92 Å². The Bertz CT molecular complexity index is 1280. The number of benzene rings is 1. The summed E-state index contributed by atoms with van der Waals surface area (Å²) in [5.74, 6) is -0.359. The van der Waals surface area contributed by atoms with Crippen LogP contribution in [0.4, 0.5) is 5.00 Å². The van der Waals surface area contributed by atoms with E-state index in [1.54, 1.807) is 19.0 Å². The quantitative estimate of drug-likeness (QED) is 0.637. The maximum absolute atomic E-state index is 13.1. The highest BCUT2D eigenvalue weighted by Crippen LogP contribution is 2.38. The Morgan fingerprint density at radius 2 is 1.81 bits per heavy atom. The largest absolute Gasteiger partial charge is 0.345 e. The van der Waals surface area contributed by atoms with Crippen LogP contribution in [0.15, 0.2) is 29.2 Å². The van der Waals surface area contributed by atoms with Crippen molar-refractivity contribution in [1.29, 1.82) is 0 Å². The van der Waals surface area contributed by atoms with Gasteiger partial charge in [-0.15, -0.1) is 11.3 Å². The number of piperidine rings is 1. The van der Waals surface area contributed by atoms with Gasteiger partial charge < -0.3 is 15.1 Å². The molecule has 0 bridgehead atoms. The molecule has 0 spiro atoms. The lowest BCUT2D eigenvalue weighted by Gasteiger charge is -2.30. The van der Waals surface area contributed by atoms with Gasteiger partial charge in [0.05, 0.1) is 17.0 Å². The Hall–Kier alpha value is -2.76. The summed E-state index contributed by atoms with van der Waals surface area (Å²) >= 11 is 1.30. The fourth-order valence-electron chi connectivity index (χ4n) is 4.68. The highest BCUT2D eigenvalue weighted by Gasteiger charge is 2.31. The topological polar surface area (TPSA) is 107 Å². The molecular weight excluding hydrogens is 500 g/mol. The molecule has 1 saturated heterocycles. The molecule has 11 heteroatoms. The zero-order chi connectivity index (χ0) is 26.2. The standard InChI is InChI=1S/C25H32N4O5S2/c1-16-6-5-12-29(14-16)36(33,34)19-9-7-18(8-10-19)23(31)26-24-22(25(32)27(3)4)20-11-13-28(17(2)30)15-21(20)35-24/h7-10,16H,5-6,11-15H2,1-4H3,(H,26,31). The van der Waals surface area contributed by atoms with Gasteiger partial charge in [-0.05, 0) is 55.0 Å². The summed E-state index contributed by atoms with van der Waals surface area (Å²) in [6, 6.07) is 5.90. The smallest absolute Gasteiger partial charge is 0.256 e. The number of hydrogen-bond donors (Lipinski definition) is 1. The minimum absolute atomic E-state index is 0.0332. The number of thiophene rings is 1. The zero-order valence-corrected chi connectivity index (χ0v) is 22.7. The van der Waals surface area contributed by atoms with Crippen LogP contribution in [0.1, 0.15) is 57.8 Å². The highest BCUT2D eigenvalue weighted by molar-refractivity contribution is 7.89. The van der Waals surface area contributed by atoms with Gasteiger partial charge in [0.2, 0.25) is 15.9 Å². The summed E-state index contributed by atoms with van der Waals surface area (Å²) in [4.78, 5) is 42.2. The van der Waals surface area contributed by atoms with E-state index < -0.39 is 15.9 Å². The number of sulfonamides is 1. The Labute approximate surface area is 216 Å². The van der Waals surface area contributed by atoms with Crippen LogP contribution in [0.25, 0.3) is 0 Å². The summed E-state index contributed by atoms with van der Waals surface area (Å²) in [5, 5.41) is 3.30. The second kappa shape index (κ2) is 10.3. The van der Waals surface area contributed by atoms with Gasteiger partial charge in [0.15, 0.2) is 0 Å². The second-order valence-corrected chi connectivity index (χ2v) is 12.7. The zero-order valence-electron chi connectivity index (χ0n) is 21.0. The molecular formula is C25H32N4O5S2. The summed E-state index contributed by atoms with van der Waals surface area (Å²) < 4.78 is 27.6. The van der Waals surface area contributed by atoms with E-state index in [0.29, 0.717) is 54.6 Å². The van der Waals surface area contributed by atoms with Crippen LogP contribution in [-0.2, 0) is 27.8 Å². The van der Waals surface area contributed by atoms with Crippen LogP contribution < -0.4 is 5.32 Å². The Morgan fingerprint density at radius 3 is 2.42 bits per heavy atom. The van der Waals surface area contributed by atoms with E-state index in [4.69, 9.17) is 0 Å². The predicted octanol–water partition coefficient (Wildman–Crippen LogP) is 3.03. The minimum atomic E-state index is -3.62. The third-order valence-electron chi connectivity index (χ3n) is 6.72. The molecule has 2 aromatic rings. The molecule has 1 atom stereocenters. The second-order valence-electron chi connectivity index (χ2n) is 9.69. The van der Waals surface area contributed by atoms with Crippen LogP contribution in [0.2, 0.25) is 0 Å². The fourth-order valence-corrected chi connectivity index (χ4v) is 7.53. The molecule has 36 heavy (non-hydrogen) atoms. The number of carbonyl (C=O) groups is 3. The molecule has 4 rings (SSSR count). The van der Waals surface area contributed by atoms with E-state index in [1.165, 1.54) is 51.7 Å². The van der Waals surface area contributed by atoms with Crippen molar-refractivity contribution in [2.75, 3.05) is 39.0 Å². The van der Waals surface area contributed by atoms with Crippen molar-refractivity contribution in [2.24, 2.45) is 5.92 Å². The molecule has 2 aliphatic heterocycles. The Morgan fingerprint density at radius 1 is 1.11 bits per heavy atom. The molecule has 0 radical (unpaired) electrons. The van der Waals surface area contributed by atoms with Gasteiger partial charge >= 0.3 is 0 Å². The maximum atomic E-state index is 13.1. The van der Waals surface area contributed by atoms with Crippen molar-refractivity contribution in [3.8, 4) is 0 Å². The fraction of sp³-hybridized carbons (Fsp3) is 0.480. The predicted molar refractivity (Wildman–Crippen MR) is 139 cm³/mol. The van der Waals surface area contributed by atoms with Crippen molar-refractivity contribution in [1.82, 2.24) is 14.1 Å². The first-order valence-corrected chi connectivity index (χ1v) is 14.3. The van der Waals surface area contributed by atoms with Gasteiger partial charge in [-0.1, -0.05) is 6.92 Å². The van der Waals surface area contributed by atoms with Gasteiger partial charge in [-0.2, -0.15) is 4.31 Å². The van der Waals surface area contributed by atoms with Crippen LogP contribution in [0.3, 0.4) is 0 Å². The van der Waals surface area contributed by atoms with E-state index in [1.807, 2.05) is 6.92 Å². The highest BCUT2D eigenvalue weighted by atomic mass is 32.2. The Kier molecular flexibility index (Phi) is 7.53. The lowest BCUT2D eigenvalue weighted by atomic mass is 10.0. The number of rotatable bonds is 5. The Balaban J connectivity index is 1.57. The van der Waals surface area contributed by atoms with Crippen molar-refractivity contribution < 1.29 is 22.8 Å². The third-order valence-corrected chi connectivity index (χ3v) is 9.73. The van der Waals surface area contributed by atoms with Crippen molar-refractivity contribution in [2.45, 2.75) is 44.6 Å². The van der Waals surface area contributed by atoms with E-state index >= 15 is 0 Å². The van der Waals surface area contributed by atoms with E-state index in [0.717, 1.165) is 23.3 Å². The first-order valence-electron chi connectivity index (χ1n) is 12.0. The monoisotopic (exact) mass is 532 g/mol. The number of amides is 3. The molecule has 2 aliphatic rings. The molecule has 1 N–H and O–H groups in total. The molecule has 3 amide bonds. The summed E-state index contributed by atoms with van der Waals surface area (Å²) in [6.45, 7) is 5.49. The van der Waals surface area contributed by atoms with Crippen LogP contribution in [-0.4, -0.2) is 74.0 Å². The number of carbonyl (C=O) groups excluding carboxylic acids is 3. The average Bonchev–Trinajstić information content (AvgIpc) is 3.20. The maximum Gasteiger partial charge on any atom is 0.256 e. The number of hydrogen-bond acceptors (Lipinski definition) is 6. The van der Waals surface area contributed by atoms with Gasteiger partial charge in [-0.25, -0.2) is 8.42 Å². The molecule has 1 fully saturated rings. The normalized spacial score (nSPS) is 18.4. The van der Waals surface area contributed by atoms with Crippen LogP contribution >= 0.6 is 11.3 Å². The van der Waals surface area contributed by atoms with Gasteiger partial charge in [0.1, 0.15) is 5.00 Å². The van der Waals surface area contributed by atoms with E-state index in [-0.39, 0.29) is 16.7 Å². The SMILES string of the molecule is CC(=O)N1CCc2c(sc(NC(=O)c3ccc(S(=O)(=O)N4CCCC(C)C4)cc3)c2C(=O)N(C)C)C1. The van der Waals surface area contributed by atoms with E-state index in [9.17, 15) is 22.8 Å². The molecule has 1 aromatic carbocycles. The van der Waals surface area contributed by atoms with Crippen molar-refractivity contribution >= 4 is 44.1 Å². The average molecular weight is 533 g/mol. The first-order chi connectivity index (χ1) is 17.0. The number of nitrogens with one attached hydrogen (secondary N) is 1. The lowest BCUT2D eigenvalue weighted by Crippen LogP contribution is -2.39. The first kappa shape index (κ1) is 26.3. The van der Waals surface area contributed by atoms with Crippen molar-refractivity contribution in [3.63, 3.8) is 0 Å². The van der Waals surface area contributed by atoms with Gasteiger partial charge in [-0.3, -0.25) is 14.4 Å². The number of anilines is 1. The molecule has 1 unspecified atom stereocenters. The number of nitrogens with zero attached hydrogens (tertiary/aromatic N) is 3. The summed E-state index contributed by atoms with van der Waals surface area (Å²) in [5.41, 5.74) is 1.61. The lowest BCUT2D eigenvalue weighted by molar-refractivity contribution is -0.129. The van der Waals surface area contributed by atoms with E-state index in [2.05, 4.69) is 5.32 Å². The summed E-state index contributed by atoms with van der Waals surface area (Å²) in [6.07, 6.45) is 2.39. The molecule has 9 nitrogen and oxygen atoms in total. The van der Waals surface area contributed by atoms with Crippen molar-refractivity contribution in [3.05, 3.63) is 45.8 Å². The van der Waals surface area contributed by atoms with Gasteiger partial charge in [0, 0.05) is 51.1 Å². The van der Waals surface area contributed by atoms with Gasteiger partial charge in [0.25, 0.3) is 11.8 Å². The number of fused-ring (bicyclic) bond motifs is 1. The molecule has 0 aliphatic carbocycles. The third kappa shape index (κ3) is 5.18. The molecule has 1 aromatic heterocycles. The molecule has 0 saturated carbocycles. The molecule has 194 valence electrons. The van der Waals surface area contributed by atoms with Crippen LogP contribution in [0.5, 0.6) is 0 Å².